The van der Waals surface area contributed by atoms with Crippen LogP contribution in [0.2, 0.25) is 0 Å². The van der Waals surface area contributed by atoms with Gasteiger partial charge in [0.05, 0.1) is 7.11 Å². The summed E-state index contributed by atoms with van der Waals surface area (Å²) < 4.78 is 23.9. The van der Waals surface area contributed by atoms with E-state index >= 15 is 0 Å². The predicted octanol–water partition coefficient (Wildman–Crippen LogP) is 4.55. The number of nitrogens with zero attached hydrogens (tertiary/aromatic N) is 2. The number of hydrogen-bond acceptors (Lipinski definition) is 7. The predicted molar refractivity (Wildman–Crippen MR) is 130 cm³/mol. The zero-order valence-corrected chi connectivity index (χ0v) is 19.5. The average Bonchev–Trinajstić information content (AvgIpc) is 3.33. The summed E-state index contributed by atoms with van der Waals surface area (Å²) in [6.07, 6.45) is 3.55. The summed E-state index contributed by atoms with van der Waals surface area (Å²) in [5.74, 6) is 0.00875. The molecule has 2 N–H and O–H groups in total. The van der Waals surface area contributed by atoms with E-state index in [2.05, 4.69) is 20.5 Å². The Hall–Kier alpha value is -3.66. The third kappa shape index (κ3) is 6.02. The normalized spacial score (nSPS) is 13.3. The minimum absolute atomic E-state index is 0.280. The van der Waals surface area contributed by atoms with E-state index < -0.39 is 5.91 Å². The number of carbonyl (C=O) groups excluding carboxylic acids is 2. The summed E-state index contributed by atoms with van der Waals surface area (Å²) >= 11 is 1.51. The molecule has 8 nitrogen and oxygen atoms in total. The molecule has 0 saturated carbocycles. The van der Waals surface area contributed by atoms with Crippen LogP contribution in [0.15, 0.2) is 47.8 Å². The van der Waals surface area contributed by atoms with Gasteiger partial charge in [0.15, 0.2) is 23.2 Å². The van der Waals surface area contributed by atoms with Crippen molar-refractivity contribution in [3.05, 3.63) is 59.2 Å². The van der Waals surface area contributed by atoms with Gasteiger partial charge < -0.3 is 25.0 Å². The van der Waals surface area contributed by atoms with Crippen LogP contribution in [0.3, 0.4) is 0 Å². The van der Waals surface area contributed by atoms with E-state index in [9.17, 15) is 14.0 Å². The molecule has 34 heavy (non-hydrogen) atoms. The zero-order valence-electron chi connectivity index (χ0n) is 18.7. The molecule has 1 saturated heterocycles. The lowest BCUT2D eigenvalue weighted by atomic mass is 10.1. The number of ether oxygens (including phenoxy) is 2. The van der Waals surface area contributed by atoms with Crippen LogP contribution in [0.5, 0.6) is 11.5 Å². The Kier molecular flexibility index (Phi) is 7.58. The first-order valence-electron chi connectivity index (χ1n) is 10.9. The van der Waals surface area contributed by atoms with Crippen LogP contribution in [-0.2, 0) is 4.79 Å². The van der Waals surface area contributed by atoms with Crippen molar-refractivity contribution in [2.45, 2.75) is 19.3 Å². The van der Waals surface area contributed by atoms with Crippen molar-refractivity contribution < 1.29 is 23.5 Å². The van der Waals surface area contributed by atoms with Gasteiger partial charge in [0.25, 0.3) is 11.8 Å². The van der Waals surface area contributed by atoms with Gasteiger partial charge in [-0.1, -0.05) is 0 Å². The average molecular weight is 485 g/mol. The second-order valence-electron chi connectivity index (χ2n) is 7.73. The van der Waals surface area contributed by atoms with Crippen LogP contribution in [0.1, 0.15) is 29.6 Å². The molecule has 1 fully saturated rings. The van der Waals surface area contributed by atoms with Crippen LogP contribution in [0, 0.1) is 5.82 Å². The van der Waals surface area contributed by atoms with Crippen molar-refractivity contribution >= 4 is 39.8 Å². The van der Waals surface area contributed by atoms with Crippen molar-refractivity contribution in [3.63, 3.8) is 0 Å². The summed E-state index contributed by atoms with van der Waals surface area (Å²) in [6, 6.07) is 10.1. The maximum absolute atomic E-state index is 13.0. The third-order valence-electron chi connectivity index (χ3n) is 5.27. The largest absolute Gasteiger partial charge is 0.493 e. The third-order valence-corrected chi connectivity index (χ3v) is 6.17. The number of carbonyl (C=O) groups is 2. The lowest BCUT2D eigenvalue weighted by Crippen LogP contribution is -2.29. The fourth-order valence-corrected chi connectivity index (χ4v) is 4.35. The van der Waals surface area contributed by atoms with E-state index in [1.165, 1.54) is 49.1 Å². The van der Waals surface area contributed by atoms with Crippen molar-refractivity contribution in [2.24, 2.45) is 0 Å². The number of anilines is 3. The van der Waals surface area contributed by atoms with Crippen molar-refractivity contribution in [1.82, 2.24) is 4.98 Å². The number of benzene rings is 2. The minimum atomic E-state index is -0.413. The molecule has 1 aliphatic rings. The number of rotatable bonds is 8. The molecule has 4 rings (SSSR count). The Balaban J connectivity index is 1.34. The Morgan fingerprint density at radius 1 is 1.06 bits per heavy atom. The first-order chi connectivity index (χ1) is 16.5. The van der Waals surface area contributed by atoms with Crippen LogP contribution in [0.4, 0.5) is 21.0 Å². The number of thiazole rings is 1. The van der Waals surface area contributed by atoms with Gasteiger partial charge in [-0.25, -0.2) is 9.37 Å². The second-order valence-corrected chi connectivity index (χ2v) is 8.56. The number of nitrogens with one attached hydrogen (secondary N) is 2. The van der Waals surface area contributed by atoms with Crippen LogP contribution >= 0.6 is 11.3 Å². The number of hydrogen-bond donors (Lipinski definition) is 2. The van der Waals surface area contributed by atoms with Gasteiger partial charge in [-0.3, -0.25) is 9.59 Å². The molecule has 10 heteroatoms. The molecule has 0 radical (unpaired) electrons. The number of amides is 2. The fraction of sp³-hybridized carbons (Fsp3) is 0.292. The SMILES string of the molecule is COc1cc(C(=O)Nc2csc(N3CCCCC3)n2)ccc1OCC(=O)Nc1ccc(F)cc1. The first kappa shape index (κ1) is 23.5. The first-order valence-corrected chi connectivity index (χ1v) is 11.8. The Morgan fingerprint density at radius 3 is 2.56 bits per heavy atom. The maximum atomic E-state index is 13.0. The number of halogens is 1. The number of piperidine rings is 1. The summed E-state index contributed by atoms with van der Waals surface area (Å²) in [7, 11) is 1.45. The maximum Gasteiger partial charge on any atom is 0.262 e. The lowest BCUT2D eigenvalue weighted by molar-refractivity contribution is -0.118. The van der Waals surface area contributed by atoms with Gasteiger partial charge in [-0.2, -0.15) is 0 Å². The smallest absolute Gasteiger partial charge is 0.262 e. The molecule has 3 aromatic rings. The van der Waals surface area contributed by atoms with Crippen molar-refractivity contribution in [1.29, 1.82) is 0 Å². The minimum Gasteiger partial charge on any atom is -0.493 e. The molecule has 1 aromatic heterocycles. The van der Waals surface area contributed by atoms with Gasteiger partial charge in [-0.15, -0.1) is 11.3 Å². The topological polar surface area (TPSA) is 92.8 Å². The summed E-state index contributed by atoms with van der Waals surface area (Å²) in [5, 5.41) is 8.17. The highest BCUT2D eigenvalue weighted by molar-refractivity contribution is 7.14. The Bertz CT molecular complexity index is 1150. The molecule has 2 heterocycles. The second kappa shape index (κ2) is 11.0. The Morgan fingerprint density at radius 2 is 1.82 bits per heavy atom. The van der Waals surface area contributed by atoms with E-state index in [0.29, 0.717) is 28.6 Å². The monoisotopic (exact) mass is 484 g/mol. The molecular weight excluding hydrogens is 459 g/mol. The molecule has 0 unspecified atom stereocenters. The van der Waals surface area contributed by atoms with Gasteiger partial charge in [0.1, 0.15) is 11.6 Å². The van der Waals surface area contributed by atoms with Gasteiger partial charge >= 0.3 is 0 Å². The molecule has 178 valence electrons. The van der Waals surface area contributed by atoms with E-state index in [1.54, 1.807) is 18.2 Å². The molecule has 0 aliphatic carbocycles. The zero-order chi connectivity index (χ0) is 23.9. The van der Waals surface area contributed by atoms with E-state index in [-0.39, 0.29) is 18.3 Å². The van der Waals surface area contributed by atoms with E-state index in [4.69, 9.17) is 9.47 Å². The molecule has 2 amide bonds. The van der Waals surface area contributed by atoms with E-state index in [1.807, 2.05) is 5.38 Å². The van der Waals surface area contributed by atoms with Gasteiger partial charge in [0, 0.05) is 29.7 Å². The van der Waals surface area contributed by atoms with Crippen molar-refractivity contribution in [3.8, 4) is 11.5 Å². The lowest BCUT2D eigenvalue weighted by Gasteiger charge is -2.25. The van der Waals surface area contributed by atoms with Crippen LogP contribution < -0.4 is 25.0 Å². The molecule has 0 bridgehead atoms. The molecule has 2 aromatic carbocycles. The van der Waals surface area contributed by atoms with Gasteiger partial charge in [0.2, 0.25) is 0 Å². The summed E-state index contributed by atoms with van der Waals surface area (Å²) in [4.78, 5) is 31.6. The highest BCUT2D eigenvalue weighted by Crippen LogP contribution is 2.30. The highest BCUT2D eigenvalue weighted by atomic mass is 32.1. The molecule has 0 spiro atoms. The standard InChI is InChI=1S/C24H25FN4O4S/c1-32-20-13-16(23(31)27-21-15-34-24(28-21)29-11-3-2-4-12-29)5-10-19(20)33-14-22(30)26-18-8-6-17(25)7-9-18/h5-10,13,15H,2-4,11-12,14H2,1H3,(H,26,30)(H,27,31). The van der Waals surface area contributed by atoms with Crippen LogP contribution in [-0.4, -0.2) is 43.6 Å². The van der Waals surface area contributed by atoms with Crippen molar-refractivity contribution in [2.75, 3.05) is 42.3 Å². The molecule has 0 atom stereocenters. The summed E-state index contributed by atoms with van der Waals surface area (Å²) in [5.41, 5.74) is 0.826. The fourth-order valence-electron chi connectivity index (χ4n) is 3.54. The molecule has 1 aliphatic heterocycles. The van der Waals surface area contributed by atoms with Crippen LogP contribution in [0.25, 0.3) is 0 Å². The number of methoxy groups -OCH3 is 1. The quantitative estimate of drug-likeness (QED) is 0.487. The van der Waals surface area contributed by atoms with Gasteiger partial charge in [-0.05, 0) is 61.7 Å². The summed E-state index contributed by atoms with van der Waals surface area (Å²) in [6.45, 7) is 1.69. The Labute approximate surface area is 200 Å². The van der Waals surface area contributed by atoms with E-state index in [0.717, 1.165) is 31.1 Å². The number of aromatic nitrogens is 1. The molecular formula is C24H25FN4O4S. The highest BCUT2D eigenvalue weighted by Gasteiger charge is 2.17.